The molecule has 4 atom stereocenters. The van der Waals surface area contributed by atoms with Crippen LogP contribution in [0.2, 0.25) is 0 Å². The van der Waals surface area contributed by atoms with Gasteiger partial charge in [0, 0.05) is 102 Å². The Labute approximate surface area is 284 Å². The summed E-state index contributed by atoms with van der Waals surface area (Å²) in [5.41, 5.74) is 1.01. The zero-order valence-corrected chi connectivity index (χ0v) is 28.2. The van der Waals surface area contributed by atoms with E-state index in [2.05, 4.69) is 4.90 Å². The smallest absolute Gasteiger partial charge is 0.416 e. The number of halogens is 4. The summed E-state index contributed by atoms with van der Waals surface area (Å²) >= 11 is 0. The number of rotatable bonds is 9. The van der Waals surface area contributed by atoms with E-state index in [0.29, 0.717) is 107 Å². The average molecular weight is 694 g/mol. The van der Waals surface area contributed by atoms with Crippen LogP contribution >= 0.6 is 0 Å². The summed E-state index contributed by atoms with van der Waals surface area (Å²) < 4.78 is 73.9. The Hall–Kier alpha value is -3.16. The van der Waals surface area contributed by atoms with Crippen molar-refractivity contribution in [1.29, 1.82) is 0 Å². The Balaban J connectivity index is 1.29. The number of carbonyl (C=O) groups excluding carboxylic acids is 1. The van der Waals surface area contributed by atoms with Crippen LogP contribution in [0.1, 0.15) is 55.6 Å². The molecule has 4 heterocycles. The molecule has 0 saturated carbocycles. The first-order chi connectivity index (χ1) is 23.5. The van der Waals surface area contributed by atoms with Crippen LogP contribution in [0.3, 0.4) is 0 Å². The molecule has 0 spiro atoms. The number of nitrogens with zero attached hydrogens (tertiary/aromatic N) is 3. The first-order valence-electron chi connectivity index (χ1n) is 17.4. The van der Waals surface area contributed by atoms with Crippen molar-refractivity contribution in [3.05, 3.63) is 52.6 Å². The van der Waals surface area contributed by atoms with Crippen molar-refractivity contribution in [2.45, 2.75) is 56.7 Å². The van der Waals surface area contributed by atoms with Gasteiger partial charge in [-0.25, -0.2) is 4.39 Å². The molecule has 0 aromatic heterocycles. The highest BCUT2D eigenvalue weighted by Gasteiger charge is 2.47. The number of alkyl halides is 3. The fraction of sp³-hybridized carbons (Fsp3) is 0.667. The number of aliphatic carboxylic acids is 1. The zero-order valence-electron chi connectivity index (χ0n) is 28.2. The van der Waals surface area contributed by atoms with Gasteiger partial charge in [-0.05, 0) is 55.4 Å². The molecule has 6 rings (SSSR count). The molecular weight excluding hydrogens is 646 g/mol. The Kier molecular flexibility index (Phi) is 10.9. The third-order valence-electron chi connectivity index (χ3n) is 11.4. The number of amides is 1. The predicted molar refractivity (Wildman–Crippen MR) is 174 cm³/mol. The van der Waals surface area contributed by atoms with Gasteiger partial charge in [0.25, 0.3) is 0 Å². The first kappa shape index (κ1) is 35.7. The maximum absolute atomic E-state index is 15.6. The number of hydrogen-bond acceptors (Lipinski definition) is 7. The zero-order chi connectivity index (χ0) is 34.9. The van der Waals surface area contributed by atoms with E-state index < -0.39 is 29.5 Å². The highest BCUT2D eigenvalue weighted by Crippen LogP contribution is 2.45. The van der Waals surface area contributed by atoms with E-state index in [-0.39, 0.29) is 35.5 Å². The minimum Gasteiger partial charge on any atom is -0.501 e. The number of likely N-dealkylation sites (tertiary alicyclic amines) is 2. The van der Waals surface area contributed by atoms with E-state index in [1.807, 2.05) is 9.80 Å². The summed E-state index contributed by atoms with van der Waals surface area (Å²) in [7, 11) is 3.10. The monoisotopic (exact) mass is 693 g/mol. The van der Waals surface area contributed by atoms with Crippen molar-refractivity contribution in [2.75, 3.05) is 78.2 Å². The van der Waals surface area contributed by atoms with Crippen molar-refractivity contribution in [3.63, 3.8) is 0 Å². The van der Waals surface area contributed by atoms with Gasteiger partial charge in [0.2, 0.25) is 5.91 Å². The van der Waals surface area contributed by atoms with Gasteiger partial charge in [-0.1, -0.05) is 6.07 Å². The Bertz CT molecular complexity index is 1440. The maximum atomic E-state index is 15.6. The van der Waals surface area contributed by atoms with E-state index >= 15 is 4.39 Å². The summed E-state index contributed by atoms with van der Waals surface area (Å²) in [4.78, 5) is 32.2. The van der Waals surface area contributed by atoms with Crippen LogP contribution in [0.4, 0.5) is 23.2 Å². The molecule has 49 heavy (non-hydrogen) atoms. The SMILES string of the molecule is COC[C@H]1CN(C(=O)[C@@H]2CN(C3CCOCC3)C[C@H]2C2=C(F)C=C(OC)CC2)C[C@@H]1c1ccc(C(F)(F)F)cc1N1CCC(C(=O)O)CC1. The second-order valence-corrected chi connectivity index (χ2v) is 14.1. The molecule has 0 radical (unpaired) electrons. The van der Waals surface area contributed by atoms with Gasteiger partial charge in [0.05, 0.1) is 36.9 Å². The van der Waals surface area contributed by atoms with Crippen LogP contribution in [0.5, 0.6) is 0 Å². The van der Waals surface area contributed by atoms with Gasteiger partial charge in [-0.15, -0.1) is 0 Å². The topological polar surface area (TPSA) is 91.8 Å². The first-order valence-corrected chi connectivity index (χ1v) is 17.4. The van der Waals surface area contributed by atoms with Crippen LogP contribution in [0, 0.1) is 23.7 Å². The van der Waals surface area contributed by atoms with Gasteiger partial charge < -0.3 is 29.1 Å². The summed E-state index contributed by atoms with van der Waals surface area (Å²) in [5, 5.41) is 9.51. The second-order valence-electron chi connectivity index (χ2n) is 14.1. The quantitative estimate of drug-likeness (QED) is 0.341. The number of piperidine rings is 1. The van der Waals surface area contributed by atoms with Crippen molar-refractivity contribution in [1.82, 2.24) is 9.80 Å². The maximum Gasteiger partial charge on any atom is 0.416 e. The lowest BCUT2D eigenvalue weighted by molar-refractivity contribution is -0.142. The number of anilines is 1. The summed E-state index contributed by atoms with van der Waals surface area (Å²) in [5.74, 6) is -2.51. The lowest BCUT2D eigenvalue weighted by Gasteiger charge is -2.35. The van der Waals surface area contributed by atoms with E-state index in [1.165, 1.54) is 25.3 Å². The van der Waals surface area contributed by atoms with Crippen LogP contribution in [0.25, 0.3) is 0 Å². The fourth-order valence-corrected chi connectivity index (χ4v) is 8.69. The van der Waals surface area contributed by atoms with Gasteiger partial charge in [0.1, 0.15) is 5.83 Å². The molecule has 0 bridgehead atoms. The molecule has 1 aliphatic carbocycles. The minimum absolute atomic E-state index is 0.0688. The molecule has 1 amide bonds. The molecular formula is C36H47F4N3O6. The van der Waals surface area contributed by atoms with Gasteiger partial charge in [0.15, 0.2) is 0 Å². The van der Waals surface area contributed by atoms with E-state index in [4.69, 9.17) is 14.2 Å². The number of carboxylic acid groups (broad SMARTS) is 1. The molecule has 270 valence electrons. The molecule has 4 saturated heterocycles. The number of ether oxygens (including phenoxy) is 3. The minimum atomic E-state index is -4.55. The highest BCUT2D eigenvalue weighted by atomic mass is 19.4. The Morgan fingerprint density at radius 3 is 2.35 bits per heavy atom. The molecule has 4 aliphatic heterocycles. The van der Waals surface area contributed by atoms with E-state index in [0.717, 1.165) is 18.9 Å². The Morgan fingerprint density at radius 1 is 0.980 bits per heavy atom. The fourth-order valence-electron chi connectivity index (χ4n) is 8.69. The number of benzene rings is 1. The lowest BCUT2D eigenvalue weighted by Crippen LogP contribution is -2.41. The molecule has 5 aliphatic rings. The highest BCUT2D eigenvalue weighted by molar-refractivity contribution is 5.81. The number of methoxy groups -OCH3 is 2. The standard InChI is InChI=1S/C36H47F4N3O6/c1-47-21-23-17-43(18-29(23)28-5-3-24(36(38,39)40)15-33(28)41-11-7-22(8-12-41)35(45)46)34(44)31-20-42(25-9-13-49-14-10-25)19-30(31)27-6-4-26(48-2)16-32(27)37/h3,5,15-16,22-23,25,29-31H,4,6-14,17-21H2,1-2H3,(H,45,46)/t23-,29+,30+,31-/m1/s1. The van der Waals surface area contributed by atoms with Crippen molar-refractivity contribution in [2.24, 2.45) is 23.7 Å². The number of carbonyl (C=O) groups is 2. The van der Waals surface area contributed by atoms with Crippen molar-refractivity contribution >= 4 is 17.6 Å². The predicted octanol–water partition coefficient (Wildman–Crippen LogP) is 5.47. The van der Waals surface area contributed by atoms with Crippen molar-refractivity contribution in [3.8, 4) is 0 Å². The van der Waals surface area contributed by atoms with E-state index in [9.17, 15) is 27.9 Å². The molecule has 0 unspecified atom stereocenters. The number of allylic oxidation sites excluding steroid dienone is 3. The van der Waals surface area contributed by atoms with Crippen LogP contribution < -0.4 is 4.90 Å². The largest absolute Gasteiger partial charge is 0.501 e. The summed E-state index contributed by atoms with van der Waals surface area (Å²) in [6.07, 6.45) is 0.301. The van der Waals surface area contributed by atoms with Crippen molar-refractivity contribution < 1.29 is 46.5 Å². The van der Waals surface area contributed by atoms with Crippen LogP contribution in [0.15, 0.2) is 41.4 Å². The molecule has 4 fully saturated rings. The molecule has 13 heteroatoms. The number of carboxylic acids is 1. The molecule has 1 aromatic carbocycles. The lowest BCUT2D eigenvalue weighted by atomic mass is 9.83. The Morgan fingerprint density at radius 2 is 1.71 bits per heavy atom. The third-order valence-corrected chi connectivity index (χ3v) is 11.4. The average Bonchev–Trinajstić information content (AvgIpc) is 3.73. The molecule has 9 nitrogen and oxygen atoms in total. The van der Waals surface area contributed by atoms with Gasteiger partial charge in [-0.2, -0.15) is 13.2 Å². The normalized spacial score (nSPS) is 27.9. The van der Waals surface area contributed by atoms with E-state index in [1.54, 1.807) is 7.11 Å². The van der Waals surface area contributed by atoms with Gasteiger partial charge in [-0.3, -0.25) is 14.5 Å². The third kappa shape index (κ3) is 7.63. The number of hydrogen-bond donors (Lipinski definition) is 1. The summed E-state index contributed by atoms with van der Waals surface area (Å²) in [6, 6.07) is 4.04. The second kappa shape index (κ2) is 15.0. The van der Waals surface area contributed by atoms with Crippen LogP contribution in [-0.4, -0.2) is 106 Å². The molecule has 1 N–H and O–H groups in total. The summed E-state index contributed by atoms with van der Waals surface area (Å²) in [6.45, 7) is 4.00. The molecule has 1 aromatic rings. The van der Waals surface area contributed by atoms with Crippen LogP contribution in [-0.2, 0) is 30.0 Å². The van der Waals surface area contributed by atoms with Gasteiger partial charge >= 0.3 is 12.1 Å².